The van der Waals surface area contributed by atoms with E-state index in [1.54, 1.807) is 24.8 Å². The molecule has 0 saturated carbocycles. The summed E-state index contributed by atoms with van der Waals surface area (Å²) in [5, 5.41) is 12.6. The van der Waals surface area contributed by atoms with Crippen LogP contribution in [0, 0.1) is 0 Å². The molecular weight excluding hydrogens is 350 g/mol. The third-order valence-corrected chi connectivity index (χ3v) is 4.48. The minimum Gasteiger partial charge on any atom is -0.511 e. The van der Waals surface area contributed by atoms with Gasteiger partial charge in [0.05, 0.1) is 24.8 Å². The summed E-state index contributed by atoms with van der Waals surface area (Å²) < 4.78 is 4.98. The largest absolute Gasteiger partial charge is 0.511 e. The van der Waals surface area contributed by atoms with E-state index >= 15 is 0 Å². The van der Waals surface area contributed by atoms with E-state index in [1.807, 2.05) is 32.3 Å². The van der Waals surface area contributed by atoms with E-state index in [0.717, 1.165) is 23.6 Å². The van der Waals surface area contributed by atoms with Crippen molar-refractivity contribution in [3.05, 3.63) is 65.6 Å². The van der Waals surface area contributed by atoms with E-state index in [-0.39, 0.29) is 18.2 Å². The molecule has 0 atom stereocenters. The van der Waals surface area contributed by atoms with Gasteiger partial charge in [0.1, 0.15) is 5.76 Å². The first-order chi connectivity index (χ1) is 12.5. The number of carbonyl (C=O) groups is 1. The van der Waals surface area contributed by atoms with E-state index in [0.29, 0.717) is 12.2 Å². The molecule has 2 heterocycles. The van der Waals surface area contributed by atoms with Crippen LogP contribution in [-0.2, 0) is 23.5 Å². The Labute approximate surface area is 158 Å². The number of hydrogen-bond donors (Lipinski definition) is 2. The van der Waals surface area contributed by atoms with Gasteiger partial charge in [0.15, 0.2) is 0 Å². The zero-order valence-electron chi connectivity index (χ0n) is 15.1. The first-order valence-electron chi connectivity index (χ1n) is 8.35. The van der Waals surface area contributed by atoms with Crippen molar-refractivity contribution in [2.45, 2.75) is 18.7 Å². The standard InChI is InChI=1S/C19H25N3O3S/c1-22(2)11-15-5-7-20-17(9-15)3-4-18(23)10-21-19(24)14-26-13-16-6-8-25-12-16/h4-9,12,23H,3,10-11,13-14H2,1-2H3,(H,21,24)/b18-4-. The zero-order valence-corrected chi connectivity index (χ0v) is 16.0. The number of aliphatic hydroxyl groups is 1. The van der Waals surface area contributed by atoms with Crippen LogP contribution in [0.25, 0.3) is 0 Å². The number of hydrogen-bond acceptors (Lipinski definition) is 6. The number of aliphatic hydroxyl groups excluding tert-OH is 1. The number of carbonyl (C=O) groups excluding carboxylic acids is 1. The molecule has 0 aromatic carbocycles. The van der Waals surface area contributed by atoms with Crippen molar-refractivity contribution in [3.63, 3.8) is 0 Å². The Hall–Kier alpha value is -2.25. The molecule has 7 heteroatoms. The fourth-order valence-corrected chi connectivity index (χ4v) is 3.06. The van der Waals surface area contributed by atoms with E-state index in [4.69, 9.17) is 4.42 Å². The second-order valence-electron chi connectivity index (χ2n) is 6.19. The van der Waals surface area contributed by atoms with Gasteiger partial charge in [-0.3, -0.25) is 9.78 Å². The Kier molecular flexibility index (Phi) is 8.24. The molecule has 0 aliphatic heterocycles. The summed E-state index contributed by atoms with van der Waals surface area (Å²) in [4.78, 5) is 18.2. The molecule has 6 nitrogen and oxygen atoms in total. The summed E-state index contributed by atoms with van der Waals surface area (Å²) in [6.45, 7) is 0.972. The van der Waals surface area contributed by atoms with Crippen molar-refractivity contribution in [2.75, 3.05) is 26.4 Å². The molecule has 0 aliphatic rings. The third-order valence-electron chi connectivity index (χ3n) is 3.48. The molecule has 140 valence electrons. The smallest absolute Gasteiger partial charge is 0.230 e. The van der Waals surface area contributed by atoms with Crippen molar-refractivity contribution >= 4 is 17.7 Å². The zero-order chi connectivity index (χ0) is 18.8. The number of pyridine rings is 1. The number of nitrogens with one attached hydrogen (secondary N) is 1. The highest BCUT2D eigenvalue weighted by Crippen LogP contribution is 2.11. The van der Waals surface area contributed by atoms with Gasteiger partial charge >= 0.3 is 0 Å². The molecule has 0 radical (unpaired) electrons. The van der Waals surface area contributed by atoms with Crippen LogP contribution in [0.3, 0.4) is 0 Å². The Balaban J connectivity index is 1.69. The summed E-state index contributed by atoms with van der Waals surface area (Å²) in [5.74, 6) is 1.09. The molecule has 0 unspecified atom stereocenters. The lowest BCUT2D eigenvalue weighted by Crippen LogP contribution is -2.27. The van der Waals surface area contributed by atoms with Gasteiger partial charge in [-0.05, 0) is 43.9 Å². The summed E-state index contributed by atoms with van der Waals surface area (Å²) in [5.41, 5.74) is 3.11. The van der Waals surface area contributed by atoms with Crippen LogP contribution in [0.2, 0.25) is 0 Å². The maximum atomic E-state index is 11.8. The fourth-order valence-electron chi connectivity index (χ4n) is 2.27. The molecule has 0 fully saturated rings. The third kappa shape index (κ3) is 7.76. The van der Waals surface area contributed by atoms with Gasteiger partial charge in [0, 0.05) is 36.2 Å². The highest BCUT2D eigenvalue weighted by molar-refractivity contribution is 7.99. The van der Waals surface area contributed by atoms with Crippen molar-refractivity contribution in [3.8, 4) is 0 Å². The molecule has 2 aromatic rings. The first kappa shape index (κ1) is 20.1. The second kappa shape index (κ2) is 10.7. The molecule has 0 bridgehead atoms. The van der Waals surface area contributed by atoms with Crippen LogP contribution in [0.15, 0.2) is 53.2 Å². The highest BCUT2D eigenvalue weighted by Gasteiger charge is 2.04. The lowest BCUT2D eigenvalue weighted by Gasteiger charge is -2.10. The maximum absolute atomic E-state index is 11.8. The summed E-state index contributed by atoms with van der Waals surface area (Å²) in [6.07, 6.45) is 7.27. The molecule has 2 N–H and O–H groups in total. The Morgan fingerprint density at radius 1 is 1.38 bits per heavy atom. The Morgan fingerprint density at radius 3 is 2.96 bits per heavy atom. The fraction of sp³-hybridized carbons (Fsp3) is 0.368. The average molecular weight is 375 g/mol. The van der Waals surface area contributed by atoms with Gasteiger partial charge in [0.2, 0.25) is 5.91 Å². The average Bonchev–Trinajstić information content (AvgIpc) is 3.11. The van der Waals surface area contributed by atoms with E-state index in [9.17, 15) is 9.90 Å². The minimum atomic E-state index is -0.107. The predicted molar refractivity (Wildman–Crippen MR) is 104 cm³/mol. The number of rotatable bonds is 10. The van der Waals surface area contributed by atoms with Gasteiger partial charge in [-0.1, -0.05) is 0 Å². The van der Waals surface area contributed by atoms with Crippen LogP contribution < -0.4 is 5.32 Å². The van der Waals surface area contributed by atoms with E-state index in [1.165, 1.54) is 17.3 Å². The molecular formula is C19H25N3O3S. The summed E-state index contributed by atoms with van der Waals surface area (Å²) in [6, 6.07) is 5.88. The van der Waals surface area contributed by atoms with Crippen LogP contribution in [0.4, 0.5) is 0 Å². The van der Waals surface area contributed by atoms with Crippen LogP contribution >= 0.6 is 11.8 Å². The van der Waals surface area contributed by atoms with Crippen LogP contribution in [-0.4, -0.2) is 47.3 Å². The number of furan rings is 1. The topological polar surface area (TPSA) is 78.6 Å². The highest BCUT2D eigenvalue weighted by atomic mass is 32.2. The lowest BCUT2D eigenvalue weighted by atomic mass is 10.2. The van der Waals surface area contributed by atoms with Gasteiger partial charge < -0.3 is 19.7 Å². The van der Waals surface area contributed by atoms with Gasteiger partial charge in [-0.2, -0.15) is 0 Å². The van der Waals surface area contributed by atoms with Gasteiger partial charge in [-0.15, -0.1) is 11.8 Å². The van der Waals surface area contributed by atoms with Crippen LogP contribution in [0.5, 0.6) is 0 Å². The first-order valence-corrected chi connectivity index (χ1v) is 9.50. The van der Waals surface area contributed by atoms with Gasteiger partial charge in [-0.25, -0.2) is 0 Å². The number of aromatic nitrogens is 1. The molecule has 0 saturated heterocycles. The van der Waals surface area contributed by atoms with Gasteiger partial charge in [0.25, 0.3) is 0 Å². The Bertz CT molecular complexity index is 715. The Morgan fingerprint density at radius 2 is 2.23 bits per heavy atom. The molecule has 0 spiro atoms. The second-order valence-corrected chi connectivity index (χ2v) is 7.18. The molecule has 26 heavy (non-hydrogen) atoms. The molecule has 2 aromatic heterocycles. The van der Waals surface area contributed by atoms with E-state index in [2.05, 4.69) is 15.2 Å². The van der Waals surface area contributed by atoms with Crippen molar-refractivity contribution in [1.82, 2.24) is 15.2 Å². The normalized spacial score (nSPS) is 11.7. The predicted octanol–water partition coefficient (Wildman–Crippen LogP) is 2.77. The SMILES string of the molecule is CN(C)Cc1ccnc(C/C=C(\O)CNC(=O)CSCc2ccoc2)c1. The quantitative estimate of drug-likeness (QED) is 0.622. The minimum absolute atomic E-state index is 0.107. The summed E-state index contributed by atoms with van der Waals surface area (Å²) in [7, 11) is 4.03. The number of nitrogens with zero attached hydrogens (tertiary/aromatic N) is 2. The monoisotopic (exact) mass is 375 g/mol. The number of allylic oxidation sites excluding steroid dienone is 1. The van der Waals surface area contributed by atoms with E-state index < -0.39 is 0 Å². The summed E-state index contributed by atoms with van der Waals surface area (Å²) >= 11 is 1.50. The number of amides is 1. The van der Waals surface area contributed by atoms with Crippen molar-refractivity contribution in [2.24, 2.45) is 0 Å². The lowest BCUT2D eigenvalue weighted by molar-refractivity contribution is -0.118. The molecule has 0 aliphatic carbocycles. The van der Waals surface area contributed by atoms with Crippen molar-refractivity contribution < 1.29 is 14.3 Å². The van der Waals surface area contributed by atoms with Crippen LogP contribution in [0.1, 0.15) is 16.8 Å². The number of thioether (sulfide) groups is 1. The maximum Gasteiger partial charge on any atom is 0.230 e. The molecule has 2 rings (SSSR count). The van der Waals surface area contributed by atoms with Crippen molar-refractivity contribution in [1.29, 1.82) is 0 Å². The molecule has 1 amide bonds.